The molecule has 0 amide bonds. The first-order valence-corrected chi connectivity index (χ1v) is 7.45. The number of aliphatic hydroxyl groups is 1. The molecule has 19 heavy (non-hydrogen) atoms. The Balaban J connectivity index is 2.42. The number of benzene rings is 1. The predicted molar refractivity (Wildman–Crippen MR) is 81.3 cm³/mol. The first-order valence-electron chi connectivity index (χ1n) is 6.63. The molecular formula is C15H20N2OS. The zero-order chi connectivity index (χ0) is 13.8. The van der Waals surface area contributed by atoms with Crippen LogP contribution < -0.4 is 4.90 Å². The molecule has 0 unspecified atom stereocenters. The Kier molecular flexibility index (Phi) is 4.56. The van der Waals surface area contributed by atoms with Gasteiger partial charge in [-0.1, -0.05) is 36.5 Å². The molecule has 4 heteroatoms. The van der Waals surface area contributed by atoms with Crippen molar-refractivity contribution in [3.63, 3.8) is 0 Å². The van der Waals surface area contributed by atoms with Crippen LogP contribution in [0.3, 0.4) is 0 Å². The molecule has 0 saturated carbocycles. The molecule has 102 valence electrons. The fourth-order valence-corrected chi connectivity index (χ4v) is 3.25. The molecular weight excluding hydrogens is 256 g/mol. The molecule has 0 atom stereocenters. The van der Waals surface area contributed by atoms with E-state index in [1.165, 1.54) is 11.3 Å². The van der Waals surface area contributed by atoms with Crippen LogP contribution in [0.25, 0.3) is 0 Å². The lowest BCUT2D eigenvalue weighted by Crippen LogP contribution is -2.16. The zero-order valence-corrected chi connectivity index (χ0v) is 12.5. The summed E-state index contributed by atoms with van der Waals surface area (Å²) in [5.74, 6) is 0. The van der Waals surface area contributed by atoms with Crippen LogP contribution in [0.4, 0.5) is 10.8 Å². The summed E-state index contributed by atoms with van der Waals surface area (Å²) in [6.45, 7) is 7.25. The second kappa shape index (κ2) is 6.17. The van der Waals surface area contributed by atoms with E-state index < -0.39 is 0 Å². The van der Waals surface area contributed by atoms with Gasteiger partial charge in [-0.15, -0.1) is 0 Å². The minimum atomic E-state index is 0.0756. The third-order valence-corrected chi connectivity index (χ3v) is 4.30. The van der Waals surface area contributed by atoms with Crippen LogP contribution in [-0.4, -0.2) is 16.6 Å². The van der Waals surface area contributed by atoms with E-state index in [-0.39, 0.29) is 6.61 Å². The summed E-state index contributed by atoms with van der Waals surface area (Å²) in [5.41, 5.74) is 3.43. The third kappa shape index (κ3) is 2.80. The van der Waals surface area contributed by atoms with E-state index in [1.54, 1.807) is 11.3 Å². The molecule has 1 aromatic heterocycles. The van der Waals surface area contributed by atoms with E-state index in [4.69, 9.17) is 0 Å². The maximum atomic E-state index is 9.39. The van der Waals surface area contributed by atoms with Gasteiger partial charge < -0.3 is 10.0 Å². The lowest BCUT2D eigenvalue weighted by Gasteiger charge is -2.21. The van der Waals surface area contributed by atoms with Crippen molar-refractivity contribution in [1.82, 2.24) is 4.98 Å². The van der Waals surface area contributed by atoms with Crippen LogP contribution >= 0.6 is 11.3 Å². The first-order chi connectivity index (χ1) is 9.21. The molecule has 0 bridgehead atoms. The number of hydrogen-bond donors (Lipinski definition) is 1. The normalized spacial score (nSPS) is 10.7. The van der Waals surface area contributed by atoms with Crippen LogP contribution in [0.2, 0.25) is 0 Å². The average Bonchev–Trinajstić information content (AvgIpc) is 2.85. The minimum absolute atomic E-state index is 0.0756. The van der Waals surface area contributed by atoms with Crippen molar-refractivity contribution in [3.05, 3.63) is 40.4 Å². The lowest BCUT2D eigenvalue weighted by molar-refractivity contribution is 0.284. The number of aromatic nitrogens is 1. The molecule has 1 heterocycles. The SMILES string of the molecule is CCc1nc(N(CC)c2ccccc2C)sc1CO. The van der Waals surface area contributed by atoms with Gasteiger partial charge in [0, 0.05) is 12.2 Å². The number of aliphatic hydroxyl groups excluding tert-OH is 1. The molecule has 0 saturated heterocycles. The highest BCUT2D eigenvalue weighted by atomic mass is 32.1. The fourth-order valence-electron chi connectivity index (χ4n) is 2.16. The number of aryl methyl sites for hydroxylation is 2. The van der Waals surface area contributed by atoms with E-state index in [2.05, 4.69) is 42.8 Å². The van der Waals surface area contributed by atoms with Gasteiger partial charge >= 0.3 is 0 Å². The summed E-state index contributed by atoms with van der Waals surface area (Å²) in [5, 5.41) is 10.4. The summed E-state index contributed by atoms with van der Waals surface area (Å²) < 4.78 is 0. The highest BCUT2D eigenvalue weighted by Gasteiger charge is 2.16. The second-order valence-electron chi connectivity index (χ2n) is 4.41. The quantitative estimate of drug-likeness (QED) is 0.905. The number of hydrogen-bond acceptors (Lipinski definition) is 4. The van der Waals surface area contributed by atoms with Crippen molar-refractivity contribution in [2.45, 2.75) is 33.8 Å². The molecule has 0 fully saturated rings. The standard InChI is InChI=1S/C15H20N2OS/c1-4-12-14(10-18)19-15(16-12)17(5-2)13-9-7-6-8-11(13)3/h6-9,18H,4-5,10H2,1-3H3. The predicted octanol–water partition coefficient (Wildman–Crippen LogP) is 3.66. The molecule has 0 spiro atoms. The van der Waals surface area contributed by atoms with Crippen molar-refractivity contribution < 1.29 is 5.11 Å². The van der Waals surface area contributed by atoms with Crippen molar-refractivity contribution in [1.29, 1.82) is 0 Å². The van der Waals surface area contributed by atoms with Gasteiger partial charge in [0.15, 0.2) is 5.13 Å². The van der Waals surface area contributed by atoms with E-state index >= 15 is 0 Å². The first kappa shape index (κ1) is 14.0. The maximum Gasteiger partial charge on any atom is 0.190 e. The molecule has 0 aliphatic carbocycles. The second-order valence-corrected chi connectivity index (χ2v) is 5.47. The number of thiazole rings is 1. The summed E-state index contributed by atoms with van der Waals surface area (Å²) >= 11 is 1.59. The van der Waals surface area contributed by atoms with Gasteiger partial charge in [0.05, 0.1) is 17.2 Å². The molecule has 2 aromatic rings. The van der Waals surface area contributed by atoms with Crippen LogP contribution in [-0.2, 0) is 13.0 Å². The molecule has 3 nitrogen and oxygen atoms in total. The Morgan fingerprint density at radius 1 is 1.26 bits per heavy atom. The van der Waals surface area contributed by atoms with Gasteiger partial charge in [-0.25, -0.2) is 4.98 Å². The van der Waals surface area contributed by atoms with Gasteiger partial charge in [0.25, 0.3) is 0 Å². The van der Waals surface area contributed by atoms with Crippen LogP contribution in [0.1, 0.15) is 30.0 Å². The molecule has 0 aliphatic rings. The van der Waals surface area contributed by atoms with Crippen molar-refractivity contribution in [2.24, 2.45) is 0 Å². The van der Waals surface area contributed by atoms with E-state index in [9.17, 15) is 5.11 Å². The van der Waals surface area contributed by atoms with Crippen LogP contribution in [0.5, 0.6) is 0 Å². The Hall–Kier alpha value is -1.39. The highest BCUT2D eigenvalue weighted by Crippen LogP contribution is 2.33. The van der Waals surface area contributed by atoms with E-state index in [1.807, 2.05) is 12.1 Å². The Morgan fingerprint density at radius 3 is 2.53 bits per heavy atom. The van der Waals surface area contributed by atoms with Crippen molar-refractivity contribution in [2.75, 3.05) is 11.4 Å². The summed E-state index contributed by atoms with van der Waals surface area (Å²) in [4.78, 5) is 7.86. The number of rotatable bonds is 5. The molecule has 1 N–H and O–H groups in total. The topological polar surface area (TPSA) is 36.4 Å². The molecule has 2 rings (SSSR count). The number of nitrogens with zero attached hydrogens (tertiary/aromatic N) is 2. The summed E-state index contributed by atoms with van der Waals surface area (Å²) in [7, 11) is 0. The van der Waals surface area contributed by atoms with Crippen LogP contribution in [0.15, 0.2) is 24.3 Å². The molecule has 0 radical (unpaired) electrons. The van der Waals surface area contributed by atoms with E-state index in [0.717, 1.165) is 28.7 Å². The fraction of sp³-hybridized carbons (Fsp3) is 0.400. The summed E-state index contributed by atoms with van der Waals surface area (Å²) in [6, 6.07) is 8.32. The van der Waals surface area contributed by atoms with Gasteiger partial charge in [-0.3, -0.25) is 0 Å². The average molecular weight is 276 g/mol. The molecule has 1 aromatic carbocycles. The zero-order valence-electron chi connectivity index (χ0n) is 11.7. The third-order valence-electron chi connectivity index (χ3n) is 3.20. The van der Waals surface area contributed by atoms with Gasteiger partial charge in [0.2, 0.25) is 0 Å². The maximum absolute atomic E-state index is 9.39. The van der Waals surface area contributed by atoms with Gasteiger partial charge in [-0.05, 0) is 31.9 Å². The van der Waals surface area contributed by atoms with Crippen molar-refractivity contribution >= 4 is 22.2 Å². The van der Waals surface area contributed by atoms with Crippen LogP contribution in [0, 0.1) is 6.92 Å². The van der Waals surface area contributed by atoms with E-state index in [0.29, 0.717) is 0 Å². The van der Waals surface area contributed by atoms with Gasteiger partial charge in [0.1, 0.15) is 0 Å². The lowest BCUT2D eigenvalue weighted by atomic mass is 10.2. The number of anilines is 2. The smallest absolute Gasteiger partial charge is 0.190 e. The Morgan fingerprint density at radius 2 is 2.00 bits per heavy atom. The Labute approximate surface area is 118 Å². The number of para-hydroxylation sites is 1. The van der Waals surface area contributed by atoms with Crippen molar-refractivity contribution in [3.8, 4) is 0 Å². The molecule has 0 aliphatic heterocycles. The summed E-state index contributed by atoms with van der Waals surface area (Å²) in [6.07, 6.45) is 0.859. The van der Waals surface area contributed by atoms with Gasteiger partial charge in [-0.2, -0.15) is 0 Å². The largest absolute Gasteiger partial charge is 0.391 e. The minimum Gasteiger partial charge on any atom is -0.391 e. The highest BCUT2D eigenvalue weighted by molar-refractivity contribution is 7.15. The monoisotopic (exact) mass is 276 g/mol. The Bertz CT molecular complexity index is 529.